The Morgan fingerprint density at radius 1 is 1.33 bits per heavy atom. The lowest BCUT2D eigenvalue weighted by molar-refractivity contribution is -0.120. The van der Waals surface area contributed by atoms with Crippen molar-refractivity contribution in [3.05, 3.63) is 47.5 Å². The highest BCUT2D eigenvalue weighted by Crippen LogP contribution is 2.21. The highest BCUT2D eigenvalue weighted by molar-refractivity contribution is 7.99. The lowest BCUT2D eigenvalue weighted by atomic mass is 10.1. The zero-order valence-corrected chi connectivity index (χ0v) is 13.3. The molecule has 0 aliphatic carbocycles. The highest BCUT2D eigenvalue weighted by atomic mass is 32.2. The Bertz CT molecular complexity index is 581. The number of nitrogens with one attached hydrogen (secondary N) is 2. The van der Waals surface area contributed by atoms with Crippen LogP contribution in [-0.4, -0.2) is 28.2 Å². The van der Waals surface area contributed by atoms with Crippen molar-refractivity contribution in [1.82, 2.24) is 15.3 Å². The van der Waals surface area contributed by atoms with Crippen LogP contribution in [0.3, 0.4) is 0 Å². The van der Waals surface area contributed by atoms with Crippen molar-refractivity contribution in [2.24, 2.45) is 0 Å². The summed E-state index contributed by atoms with van der Waals surface area (Å²) in [6.45, 7) is 4.87. The second-order valence-electron chi connectivity index (χ2n) is 5.02. The van der Waals surface area contributed by atoms with Crippen molar-refractivity contribution in [2.75, 3.05) is 12.3 Å². The van der Waals surface area contributed by atoms with Crippen LogP contribution in [0.1, 0.15) is 23.2 Å². The molecule has 0 radical (unpaired) electrons. The predicted octanol–water partition coefficient (Wildman–Crippen LogP) is 2.87. The molecule has 0 fully saturated rings. The normalized spacial score (nSPS) is 10.6. The number of aryl methyl sites for hydroxylation is 2. The predicted molar refractivity (Wildman–Crippen MR) is 86.6 cm³/mol. The summed E-state index contributed by atoms with van der Waals surface area (Å²) in [6.07, 6.45) is 4.76. The Morgan fingerprint density at radius 2 is 2.19 bits per heavy atom. The Balaban J connectivity index is 1.63. The number of carbonyl (C=O) groups excluding carboxylic acids is 1. The summed E-state index contributed by atoms with van der Waals surface area (Å²) in [7, 11) is 0. The first-order valence-electron chi connectivity index (χ1n) is 7.09. The molecule has 0 aliphatic heterocycles. The van der Waals surface area contributed by atoms with Crippen molar-refractivity contribution in [3.8, 4) is 0 Å². The van der Waals surface area contributed by atoms with Gasteiger partial charge in [0.2, 0.25) is 5.91 Å². The van der Waals surface area contributed by atoms with Crippen LogP contribution in [-0.2, 0) is 11.2 Å². The number of nitrogens with zero attached hydrogens (tertiary/aromatic N) is 1. The van der Waals surface area contributed by atoms with E-state index >= 15 is 0 Å². The molecule has 1 aromatic carbocycles. The molecule has 0 spiro atoms. The zero-order valence-electron chi connectivity index (χ0n) is 12.5. The maximum Gasteiger partial charge on any atom is 0.220 e. The summed E-state index contributed by atoms with van der Waals surface area (Å²) >= 11 is 1.73. The van der Waals surface area contributed by atoms with E-state index in [0.29, 0.717) is 13.0 Å². The number of amides is 1. The maximum atomic E-state index is 11.7. The van der Waals surface area contributed by atoms with Crippen LogP contribution in [0.4, 0.5) is 0 Å². The van der Waals surface area contributed by atoms with Gasteiger partial charge in [0.1, 0.15) is 0 Å². The third kappa shape index (κ3) is 5.27. The van der Waals surface area contributed by atoms with Gasteiger partial charge in [0, 0.05) is 41.9 Å². The van der Waals surface area contributed by atoms with Gasteiger partial charge in [0.05, 0.1) is 6.33 Å². The van der Waals surface area contributed by atoms with Crippen LogP contribution in [0.15, 0.2) is 35.6 Å². The molecule has 0 aliphatic rings. The molecule has 2 N–H and O–H groups in total. The monoisotopic (exact) mass is 303 g/mol. The minimum Gasteiger partial charge on any atom is -0.356 e. The fourth-order valence-corrected chi connectivity index (χ4v) is 2.86. The first-order chi connectivity index (χ1) is 10.1. The molecule has 4 nitrogen and oxygen atoms in total. The molecule has 1 heterocycles. The second kappa shape index (κ2) is 7.88. The van der Waals surface area contributed by atoms with E-state index in [0.717, 1.165) is 17.9 Å². The fraction of sp³-hybridized carbons (Fsp3) is 0.375. The molecule has 5 heteroatoms. The number of aromatic nitrogens is 2. The van der Waals surface area contributed by atoms with Crippen LogP contribution in [0.25, 0.3) is 0 Å². The third-order valence-corrected chi connectivity index (χ3v) is 4.34. The first-order valence-corrected chi connectivity index (χ1v) is 8.07. The quantitative estimate of drug-likeness (QED) is 0.773. The van der Waals surface area contributed by atoms with Crippen LogP contribution in [0.2, 0.25) is 0 Å². The van der Waals surface area contributed by atoms with E-state index in [-0.39, 0.29) is 5.91 Å². The van der Waals surface area contributed by atoms with Gasteiger partial charge in [0.25, 0.3) is 0 Å². The van der Waals surface area contributed by atoms with Crippen molar-refractivity contribution < 1.29 is 4.79 Å². The van der Waals surface area contributed by atoms with Crippen molar-refractivity contribution >= 4 is 17.7 Å². The van der Waals surface area contributed by atoms with E-state index in [9.17, 15) is 4.79 Å². The Morgan fingerprint density at radius 3 is 2.90 bits per heavy atom. The zero-order chi connectivity index (χ0) is 15.1. The summed E-state index contributed by atoms with van der Waals surface area (Å²) in [5.74, 6) is 0.907. The molecule has 0 unspecified atom stereocenters. The van der Waals surface area contributed by atoms with Gasteiger partial charge in [-0.15, -0.1) is 11.8 Å². The molecular weight excluding hydrogens is 282 g/mol. The summed E-state index contributed by atoms with van der Waals surface area (Å²) in [6, 6.07) is 6.42. The summed E-state index contributed by atoms with van der Waals surface area (Å²) in [5.41, 5.74) is 3.64. The largest absolute Gasteiger partial charge is 0.356 e. The molecule has 0 atom stereocenters. The molecule has 0 saturated carbocycles. The van der Waals surface area contributed by atoms with E-state index in [1.807, 2.05) is 0 Å². The van der Waals surface area contributed by atoms with Crippen LogP contribution < -0.4 is 5.32 Å². The molecule has 21 heavy (non-hydrogen) atoms. The van der Waals surface area contributed by atoms with Gasteiger partial charge < -0.3 is 10.3 Å². The average molecular weight is 303 g/mol. The molecule has 1 aromatic heterocycles. The molecule has 0 saturated heterocycles. The highest BCUT2D eigenvalue weighted by Gasteiger charge is 2.03. The molecule has 2 rings (SSSR count). The summed E-state index contributed by atoms with van der Waals surface area (Å²) in [5, 5.41) is 2.93. The number of aromatic amines is 1. The van der Waals surface area contributed by atoms with Gasteiger partial charge in [-0.25, -0.2) is 4.98 Å². The number of carbonyl (C=O) groups is 1. The number of H-pyrrole nitrogens is 1. The van der Waals surface area contributed by atoms with Crippen LogP contribution in [0.5, 0.6) is 0 Å². The van der Waals surface area contributed by atoms with E-state index in [4.69, 9.17) is 0 Å². The van der Waals surface area contributed by atoms with Crippen molar-refractivity contribution in [3.63, 3.8) is 0 Å². The van der Waals surface area contributed by atoms with Crippen molar-refractivity contribution in [1.29, 1.82) is 0 Å². The smallest absolute Gasteiger partial charge is 0.220 e. The van der Waals surface area contributed by atoms with Crippen LogP contribution in [0, 0.1) is 13.8 Å². The van der Waals surface area contributed by atoms with E-state index < -0.39 is 0 Å². The molecule has 1 amide bonds. The Labute approximate surface area is 129 Å². The summed E-state index contributed by atoms with van der Waals surface area (Å²) in [4.78, 5) is 19.9. The topological polar surface area (TPSA) is 57.8 Å². The number of rotatable bonds is 7. The Kier molecular flexibility index (Phi) is 5.87. The third-order valence-electron chi connectivity index (χ3n) is 3.35. The Hall–Kier alpha value is -1.75. The van der Waals surface area contributed by atoms with E-state index in [1.54, 1.807) is 24.3 Å². The minimum atomic E-state index is 0.103. The fourth-order valence-electron chi connectivity index (χ4n) is 1.91. The first kappa shape index (κ1) is 15.6. The second-order valence-corrected chi connectivity index (χ2v) is 6.19. The summed E-state index contributed by atoms with van der Waals surface area (Å²) < 4.78 is 0. The van der Waals surface area contributed by atoms with E-state index in [2.05, 4.69) is 47.3 Å². The maximum absolute atomic E-state index is 11.7. The van der Waals surface area contributed by atoms with Crippen molar-refractivity contribution in [2.45, 2.75) is 31.6 Å². The lowest BCUT2D eigenvalue weighted by Gasteiger charge is -2.06. The van der Waals surface area contributed by atoms with Gasteiger partial charge in [-0.2, -0.15) is 0 Å². The lowest BCUT2D eigenvalue weighted by Crippen LogP contribution is -2.25. The standard InChI is InChI=1S/C16H21N3OS/c1-12-3-4-15(9-13(12)2)21-8-6-16(20)18-7-5-14-10-17-11-19-14/h3-4,9-11H,5-8H2,1-2H3,(H,17,19)(H,18,20). The van der Waals surface area contributed by atoms with Gasteiger partial charge in [-0.05, 0) is 37.1 Å². The molecular formula is C16H21N3OS. The number of imidazole rings is 1. The van der Waals surface area contributed by atoms with Crippen LogP contribution >= 0.6 is 11.8 Å². The molecule has 112 valence electrons. The van der Waals surface area contributed by atoms with Gasteiger partial charge in [0.15, 0.2) is 0 Å². The SMILES string of the molecule is Cc1ccc(SCCC(=O)NCCc2cnc[nH]2)cc1C. The van der Waals surface area contributed by atoms with Gasteiger partial charge in [-0.1, -0.05) is 6.07 Å². The number of hydrogen-bond donors (Lipinski definition) is 2. The van der Waals surface area contributed by atoms with Gasteiger partial charge >= 0.3 is 0 Å². The number of benzene rings is 1. The average Bonchev–Trinajstić information content (AvgIpc) is 2.96. The molecule has 0 bridgehead atoms. The minimum absolute atomic E-state index is 0.103. The van der Waals surface area contributed by atoms with E-state index in [1.165, 1.54) is 16.0 Å². The number of thioether (sulfide) groups is 1. The van der Waals surface area contributed by atoms with Gasteiger partial charge in [-0.3, -0.25) is 4.79 Å². The molecule has 2 aromatic rings. The number of hydrogen-bond acceptors (Lipinski definition) is 3.